The predicted octanol–water partition coefficient (Wildman–Crippen LogP) is 2.13. The van der Waals surface area contributed by atoms with Crippen molar-refractivity contribution in [3.05, 3.63) is 52.4 Å². The van der Waals surface area contributed by atoms with E-state index < -0.39 is 0 Å². The van der Waals surface area contributed by atoms with Crippen LogP contribution in [0, 0.1) is 11.8 Å². The van der Waals surface area contributed by atoms with Crippen LogP contribution in [0.4, 0.5) is 0 Å². The number of likely N-dealkylation sites (tertiary alicyclic amines) is 1. The molecule has 1 fully saturated rings. The summed E-state index contributed by atoms with van der Waals surface area (Å²) in [7, 11) is 1.92. The second-order valence-electron chi connectivity index (χ2n) is 7.38. The van der Waals surface area contributed by atoms with Crippen LogP contribution in [-0.2, 0) is 13.6 Å². The molecule has 0 aromatic carbocycles. The average molecular weight is 468 g/mol. The summed E-state index contributed by atoms with van der Waals surface area (Å²) >= 11 is 3.58. The minimum absolute atomic E-state index is 0.150. The maximum Gasteiger partial charge on any atom is 0.300 e. The van der Waals surface area contributed by atoms with E-state index in [1.165, 1.54) is 0 Å². The predicted molar refractivity (Wildman–Crippen MR) is 116 cm³/mol. The molecule has 0 saturated carbocycles. The Morgan fingerprint density at radius 1 is 1.43 bits per heavy atom. The first kappa shape index (κ1) is 19.1. The van der Waals surface area contributed by atoms with Crippen LogP contribution in [-0.4, -0.2) is 49.9 Å². The first-order chi connectivity index (χ1) is 14.5. The minimum atomic E-state index is -0.307. The Bertz CT molecular complexity index is 1160. The summed E-state index contributed by atoms with van der Waals surface area (Å²) in [4.78, 5) is 11.2. The van der Waals surface area contributed by atoms with Crippen molar-refractivity contribution in [3.8, 4) is 11.8 Å². The fourth-order valence-corrected chi connectivity index (χ4v) is 4.20. The summed E-state index contributed by atoms with van der Waals surface area (Å²) in [6.45, 7) is 1.75. The lowest BCUT2D eigenvalue weighted by Crippen LogP contribution is -2.50. The van der Waals surface area contributed by atoms with Crippen LogP contribution in [0.15, 0.2) is 60.5 Å². The first-order valence-corrected chi connectivity index (χ1v) is 10.4. The summed E-state index contributed by atoms with van der Waals surface area (Å²) in [6, 6.07) is 3.73. The molecule has 3 aliphatic heterocycles. The topological polar surface area (TPSA) is 97.3 Å². The quantitative estimate of drug-likeness (QED) is 0.424. The molecule has 0 spiro atoms. The van der Waals surface area contributed by atoms with Crippen molar-refractivity contribution in [1.29, 1.82) is 0 Å². The highest BCUT2D eigenvalue weighted by atomic mass is 79.9. The van der Waals surface area contributed by atoms with Gasteiger partial charge in [-0.05, 0) is 63.2 Å². The van der Waals surface area contributed by atoms with Crippen molar-refractivity contribution in [2.75, 3.05) is 6.54 Å². The van der Waals surface area contributed by atoms with E-state index in [0.29, 0.717) is 23.1 Å². The molecule has 2 aromatic rings. The van der Waals surface area contributed by atoms with Gasteiger partial charge in [0, 0.05) is 19.8 Å². The number of aliphatic imine (C=N–C) groups is 2. The summed E-state index contributed by atoms with van der Waals surface area (Å²) in [5.41, 5.74) is 1.59. The number of amidine groups is 2. The van der Waals surface area contributed by atoms with Gasteiger partial charge in [-0.3, -0.25) is 9.58 Å². The molecule has 0 aliphatic carbocycles. The SMILES string of the molecule is Cn1cc(Br)c(CN2CCCC2C#CC2=C[N@@+]3(N)N=C(c4ccco4)N=C3C=N2)n1. The van der Waals surface area contributed by atoms with Crippen LogP contribution in [0.3, 0.4) is 0 Å². The normalized spacial score (nSPS) is 25.4. The third kappa shape index (κ3) is 3.57. The molecule has 5 heterocycles. The number of halogens is 1. The lowest BCUT2D eigenvalue weighted by Gasteiger charge is -2.19. The molecule has 0 radical (unpaired) electrons. The van der Waals surface area contributed by atoms with E-state index in [4.69, 9.17) is 10.3 Å². The van der Waals surface area contributed by atoms with Crippen molar-refractivity contribution < 1.29 is 9.12 Å². The van der Waals surface area contributed by atoms with Crippen LogP contribution < -0.4 is 5.84 Å². The number of allylic oxidation sites excluding steroid dienone is 1. The Morgan fingerprint density at radius 3 is 3.10 bits per heavy atom. The smallest absolute Gasteiger partial charge is 0.300 e. The van der Waals surface area contributed by atoms with Gasteiger partial charge in [-0.25, -0.2) is 4.99 Å². The van der Waals surface area contributed by atoms with Gasteiger partial charge in [-0.2, -0.15) is 10.1 Å². The molecular weight excluding hydrogens is 448 g/mol. The second-order valence-corrected chi connectivity index (χ2v) is 8.23. The van der Waals surface area contributed by atoms with Gasteiger partial charge >= 0.3 is 0 Å². The highest BCUT2D eigenvalue weighted by Crippen LogP contribution is 2.24. The minimum Gasteiger partial charge on any atom is -0.461 e. The van der Waals surface area contributed by atoms with E-state index in [2.05, 4.69) is 52.9 Å². The van der Waals surface area contributed by atoms with Gasteiger partial charge in [0.05, 0.1) is 22.5 Å². The van der Waals surface area contributed by atoms with E-state index in [1.807, 2.05) is 17.9 Å². The molecule has 0 bridgehead atoms. The summed E-state index contributed by atoms with van der Waals surface area (Å²) in [5, 5.41) is 8.99. The summed E-state index contributed by atoms with van der Waals surface area (Å²) in [6.07, 6.45) is 8.98. The molecule has 1 saturated heterocycles. The molecule has 3 aliphatic rings. The fourth-order valence-electron chi connectivity index (χ4n) is 3.70. The monoisotopic (exact) mass is 467 g/mol. The zero-order chi connectivity index (χ0) is 20.7. The van der Waals surface area contributed by atoms with Crippen molar-refractivity contribution in [1.82, 2.24) is 14.7 Å². The lowest BCUT2D eigenvalue weighted by atomic mass is 10.2. The van der Waals surface area contributed by atoms with Crippen molar-refractivity contribution >= 4 is 33.8 Å². The molecule has 10 heteroatoms. The number of rotatable bonds is 3. The van der Waals surface area contributed by atoms with Gasteiger partial charge in [0.15, 0.2) is 17.7 Å². The summed E-state index contributed by atoms with van der Waals surface area (Å²) < 4.78 is 7.89. The van der Waals surface area contributed by atoms with Crippen LogP contribution in [0.25, 0.3) is 0 Å². The number of nitrogens with zero attached hydrogens (tertiary/aromatic N) is 7. The van der Waals surface area contributed by atoms with Gasteiger partial charge < -0.3 is 4.42 Å². The Kier molecular flexibility index (Phi) is 4.75. The number of hydrogen-bond acceptors (Lipinski definition) is 7. The highest BCUT2D eigenvalue weighted by molar-refractivity contribution is 9.10. The molecule has 5 rings (SSSR count). The van der Waals surface area contributed by atoms with E-state index >= 15 is 0 Å². The van der Waals surface area contributed by atoms with E-state index in [1.54, 1.807) is 30.8 Å². The number of hydrogen-bond donors (Lipinski definition) is 1. The molecule has 9 nitrogen and oxygen atoms in total. The number of aryl methyl sites for hydroxylation is 1. The maximum absolute atomic E-state index is 6.40. The third-order valence-corrected chi connectivity index (χ3v) is 5.83. The molecular formula is C20H20BrN8O+. The Balaban J connectivity index is 1.34. The largest absolute Gasteiger partial charge is 0.461 e. The van der Waals surface area contributed by atoms with E-state index in [9.17, 15) is 0 Å². The van der Waals surface area contributed by atoms with Gasteiger partial charge in [0.25, 0.3) is 11.7 Å². The molecule has 0 amide bonds. The second kappa shape index (κ2) is 7.45. The van der Waals surface area contributed by atoms with E-state index in [0.717, 1.165) is 36.1 Å². The number of fused-ring (bicyclic) bond motifs is 1. The number of furan rings is 1. The highest BCUT2D eigenvalue weighted by Gasteiger charge is 2.39. The number of aromatic nitrogens is 2. The van der Waals surface area contributed by atoms with Crippen LogP contribution in [0.2, 0.25) is 0 Å². The van der Waals surface area contributed by atoms with Crippen molar-refractivity contribution in [2.24, 2.45) is 28.0 Å². The molecule has 30 heavy (non-hydrogen) atoms. The van der Waals surface area contributed by atoms with Gasteiger partial charge in [-0.15, -0.1) is 5.84 Å². The van der Waals surface area contributed by atoms with Crippen molar-refractivity contribution in [2.45, 2.75) is 25.4 Å². The van der Waals surface area contributed by atoms with E-state index in [-0.39, 0.29) is 10.7 Å². The van der Waals surface area contributed by atoms with Crippen LogP contribution in [0.1, 0.15) is 24.3 Å². The molecule has 2 aromatic heterocycles. The lowest BCUT2D eigenvalue weighted by molar-refractivity contribution is -0.803. The third-order valence-electron chi connectivity index (χ3n) is 5.17. The first-order valence-electron chi connectivity index (χ1n) is 9.61. The van der Waals surface area contributed by atoms with Crippen LogP contribution >= 0.6 is 15.9 Å². The van der Waals surface area contributed by atoms with Gasteiger partial charge in [0.2, 0.25) is 0 Å². The molecule has 2 N–H and O–H groups in total. The zero-order valence-corrected chi connectivity index (χ0v) is 17.9. The Labute approximate surface area is 181 Å². The Hall–Kier alpha value is -2.84. The van der Waals surface area contributed by atoms with Gasteiger partial charge in [-0.1, -0.05) is 5.92 Å². The van der Waals surface area contributed by atoms with Gasteiger partial charge in [0.1, 0.15) is 6.21 Å². The fraction of sp³-hybridized carbons (Fsp3) is 0.300. The van der Waals surface area contributed by atoms with Crippen molar-refractivity contribution in [3.63, 3.8) is 0 Å². The molecule has 152 valence electrons. The summed E-state index contributed by atoms with van der Waals surface area (Å²) in [5.74, 6) is 14.5. The maximum atomic E-state index is 6.40. The van der Waals surface area contributed by atoms with Crippen LogP contribution in [0.5, 0.6) is 0 Å². The standard InChI is InChI=1S/C20H20BrN8O/c1-27-11-16(21)17(25-27)12-28-8-2-4-15(28)7-6-14-13-29(22)19(10-23-14)24-20(26-29)18-5-3-9-30-18/h3,5,9-11,13,15H,2,4,8,12,22H2,1H3/q+1/t15?,29-/m1/s1. The number of quaternary nitrogens is 1. The molecule has 2 atom stereocenters. The average Bonchev–Trinajstić information content (AvgIpc) is 3.47. The number of nitrogens with two attached hydrogens (primary N) is 1. The zero-order valence-electron chi connectivity index (χ0n) is 16.4. The molecule has 1 unspecified atom stereocenters. The Morgan fingerprint density at radius 2 is 2.33 bits per heavy atom.